The zero-order valence-electron chi connectivity index (χ0n) is 6.44. The molecule has 64 valence electrons. The minimum absolute atomic E-state index is 0.331. The Morgan fingerprint density at radius 1 is 1.64 bits per heavy atom. The van der Waals surface area contributed by atoms with E-state index in [0.717, 1.165) is 5.01 Å². The predicted octanol–water partition coefficient (Wildman–Crippen LogP) is 0.0812. The molecule has 1 aliphatic rings. The van der Waals surface area contributed by atoms with Crippen molar-refractivity contribution >= 4 is 15.8 Å². The van der Waals surface area contributed by atoms with E-state index in [4.69, 9.17) is 0 Å². The summed E-state index contributed by atoms with van der Waals surface area (Å²) in [6.07, 6.45) is 2.43. The van der Waals surface area contributed by atoms with Crippen molar-refractivity contribution in [3.8, 4) is 0 Å². The molecule has 0 aromatic carbocycles. The van der Waals surface area contributed by atoms with E-state index in [0.29, 0.717) is 13.2 Å². The second-order valence-electron chi connectivity index (χ2n) is 2.50. The molecule has 6 heteroatoms. The molecular weight excluding hydrogens is 168 g/mol. The Kier molecular flexibility index (Phi) is 2.03. The van der Waals surface area contributed by atoms with Gasteiger partial charge in [-0.15, -0.1) is 4.47 Å². The number of carbonyl (C=O) groups is 1. The molecule has 1 amide bonds. The Bertz CT molecular complexity index is 271. The molecular formula is C5H10N2O3S. The molecule has 5 nitrogen and oxygen atoms in total. The van der Waals surface area contributed by atoms with Crippen molar-refractivity contribution in [2.45, 2.75) is 0 Å². The quantitative estimate of drug-likeness (QED) is 0.571. The van der Waals surface area contributed by atoms with Gasteiger partial charge in [0.05, 0.1) is 16.3 Å². The van der Waals surface area contributed by atoms with Crippen molar-refractivity contribution in [1.29, 1.82) is 0 Å². The van der Waals surface area contributed by atoms with Crippen LogP contribution in [0.5, 0.6) is 0 Å². The minimum atomic E-state index is -2.24. The standard InChI is InChI=1S/C5H10N2O3S/c1-11(2,9)6-7-3-4-10-5(7)8/h3-4H2,1-2H3. The van der Waals surface area contributed by atoms with Crippen molar-refractivity contribution in [3.63, 3.8) is 0 Å². The van der Waals surface area contributed by atoms with Gasteiger partial charge in [-0.25, -0.2) is 9.00 Å². The number of rotatable bonds is 1. The second-order valence-corrected chi connectivity index (χ2v) is 5.03. The van der Waals surface area contributed by atoms with Crippen LogP contribution in [-0.2, 0) is 14.5 Å². The van der Waals surface area contributed by atoms with Gasteiger partial charge in [0.15, 0.2) is 0 Å². The average molecular weight is 178 g/mol. The highest BCUT2D eigenvalue weighted by Crippen LogP contribution is 2.04. The van der Waals surface area contributed by atoms with Crippen LogP contribution in [0.15, 0.2) is 4.47 Å². The van der Waals surface area contributed by atoms with E-state index in [9.17, 15) is 9.00 Å². The molecule has 0 spiro atoms. The summed E-state index contributed by atoms with van der Waals surface area (Å²) < 4.78 is 19.3. The van der Waals surface area contributed by atoms with E-state index >= 15 is 0 Å². The number of ether oxygens (including phenoxy) is 1. The fraction of sp³-hybridized carbons (Fsp3) is 0.800. The second kappa shape index (κ2) is 2.69. The first-order valence-electron chi connectivity index (χ1n) is 3.10. The van der Waals surface area contributed by atoms with Gasteiger partial charge in [-0.2, -0.15) is 5.01 Å². The average Bonchev–Trinajstić information content (AvgIpc) is 2.12. The van der Waals surface area contributed by atoms with Crippen molar-refractivity contribution in [2.75, 3.05) is 25.7 Å². The summed E-state index contributed by atoms with van der Waals surface area (Å²) in [5, 5.41) is 1.10. The third-order valence-electron chi connectivity index (χ3n) is 1.03. The van der Waals surface area contributed by atoms with Gasteiger partial charge in [0.1, 0.15) is 6.61 Å². The first-order valence-corrected chi connectivity index (χ1v) is 5.43. The maximum atomic E-state index is 11.1. The third-order valence-corrected chi connectivity index (χ3v) is 1.62. The highest BCUT2D eigenvalue weighted by Gasteiger charge is 2.21. The molecule has 1 heterocycles. The summed E-state index contributed by atoms with van der Waals surface area (Å²) in [6.45, 7) is 0.732. The lowest BCUT2D eigenvalue weighted by Gasteiger charge is -2.04. The topological polar surface area (TPSA) is 59.0 Å². The molecule has 0 unspecified atom stereocenters. The monoisotopic (exact) mass is 178 g/mol. The van der Waals surface area contributed by atoms with Crippen LogP contribution in [0.4, 0.5) is 4.79 Å². The van der Waals surface area contributed by atoms with E-state index in [1.807, 2.05) is 0 Å². The number of nitrogens with zero attached hydrogens (tertiary/aromatic N) is 2. The molecule has 0 saturated carbocycles. The van der Waals surface area contributed by atoms with Crippen LogP contribution in [0.25, 0.3) is 0 Å². The van der Waals surface area contributed by atoms with Crippen molar-refractivity contribution in [2.24, 2.45) is 4.47 Å². The first kappa shape index (κ1) is 8.32. The van der Waals surface area contributed by atoms with Gasteiger partial charge in [0, 0.05) is 12.5 Å². The van der Waals surface area contributed by atoms with Crippen molar-refractivity contribution in [3.05, 3.63) is 0 Å². The normalized spacial score (nSPS) is 18.4. The number of hydrogen-bond donors (Lipinski definition) is 0. The molecule has 1 fully saturated rings. The van der Waals surface area contributed by atoms with E-state index in [1.165, 1.54) is 12.5 Å². The highest BCUT2D eigenvalue weighted by molar-refractivity contribution is 7.92. The molecule has 0 N–H and O–H groups in total. The lowest BCUT2D eigenvalue weighted by atomic mass is 10.7. The number of amides is 1. The summed E-state index contributed by atoms with van der Waals surface area (Å²) >= 11 is 0. The van der Waals surface area contributed by atoms with E-state index < -0.39 is 15.8 Å². The van der Waals surface area contributed by atoms with Gasteiger partial charge in [0.25, 0.3) is 0 Å². The lowest BCUT2D eigenvalue weighted by molar-refractivity contribution is 0.159. The zero-order valence-corrected chi connectivity index (χ0v) is 7.26. The van der Waals surface area contributed by atoms with Gasteiger partial charge in [-0.3, -0.25) is 0 Å². The Morgan fingerprint density at radius 3 is 2.64 bits per heavy atom. The fourth-order valence-electron chi connectivity index (χ4n) is 0.697. The van der Waals surface area contributed by atoms with Crippen LogP contribution in [0.1, 0.15) is 0 Å². The Balaban J connectivity index is 2.78. The van der Waals surface area contributed by atoms with Gasteiger partial charge < -0.3 is 4.74 Å². The van der Waals surface area contributed by atoms with E-state index in [2.05, 4.69) is 9.21 Å². The zero-order chi connectivity index (χ0) is 8.48. The van der Waals surface area contributed by atoms with Crippen LogP contribution in [0.2, 0.25) is 0 Å². The molecule has 0 bridgehead atoms. The maximum Gasteiger partial charge on any atom is 0.431 e. The maximum absolute atomic E-state index is 11.1. The molecule has 1 saturated heterocycles. The number of carbonyl (C=O) groups excluding carboxylic acids is 1. The lowest BCUT2D eigenvalue weighted by Crippen LogP contribution is -2.19. The van der Waals surface area contributed by atoms with Crippen molar-refractivity contribution < 1.29 is 13.7 Å². The Labute approximate surface area is 65.5 Å². The smallest absolute Gasteiger partial charge is 0.431 e. The van der Waals surface area contributed by atoms with Crippen molar-refractivity contribution in [1.82, 2.24) is 5.01 Å². The fourth-order valence-corrected chi connectivity index (χ4v) is 1.32. The Morgan fingerprint density at radius 2 is 2.27 bits per heavy atom. The molecule has 0 aliphatic carbocycles. The Hall–Kier alpha value is -0.780. The molecule has 0 radical (unpaired) electrons. The number of cyclic esters (lactones) is 1. The largest absolute Gasteiger partial charge is 0.446 e. The van der Waals surface area contributed by atoms with E-state index in [1.54, 1.807) is 0 Å². The molecule has 1 aliphatic heterocycles. The molecule has 0 aromatic heterocycles. The SMILES string of the molecule is CS(C)(=O)=NN1CCOC1=O. The van der Waals surface area contributed by atoms with Crippen LogP contribution in [0.3, 0.4) is 0 Å². The predicted molar refractivity (Wildman–Crippen MR) is 40.5 cm³/mol. The molecule has 0 atom stereocenters. The summed E-state index contributed by atoms with van der Waals surface area (Å²) in [5.41, 5.74) is 0. The number of hydrogen-bond acceptors (Lipinski definition) is 4. The van der Waals surface area contributed by atoms with Crippen LogP contribution < -0.4 is 0 Å². The van der Waals surface area contributed by atoms with Crippen LogP contribution in [0, 0.1) is 0 Å². The summed E-state index contributed by atoms with van der Waals surface area (Å²) in [7, 11) is -2.24. The van der Waals surface area contributed by atoms with Crippen LogP contribution in [-0.4, -0.2) is 41.0 Å². The first-order chi connectivity index (χ1) is 4.99. The van der Waals surface area contributed by atoms with Crippen LogP contribution >= 0.6 is 0 Å². The van der Waals surface area contributed by atoms with Gasteiger partial charge in [-0.05, 0) is 0 Å². The van der Waals surface area contributed by atoms with Gasteiger partial charge in [0.2, 0.25) is 0 Å². The minimum Gasteiger partial charge on any atom is -0.446 e. The molecule has 1 rings (SSSR count). The summed E-state index contributed by atoms with van der Waals surface area (Å²) in [5.74, 6) is 0. The molecule has 0 aromatic rings. The van der Waals surface area contributed by atoms with Gasteiger partial charge in [-0.1, -0.05) is 0 Å². The highest BCUT2D eigenvalue weighted by atomic mass is 32.2. The summed E-state index contributed by atoms with van der Waals surface area (Å²) in [6, 6.07) is 0. The summed E-state index contributed by atoms with van der Waals surface area (Å²) in [4.78, 5) is 10.7. The molecule has 11 heavy (non-hydrogen) atoms. The third kappa shape index (κ3) is 2.38. The van der Waals surface area contributed by atoms with Gasteiger partial charge >= 0.3 is 6.09 Å². The van der Waals surface area contributed by atoms with E-state index in [-0.39, 0.29) is 0 Å².